The quantitative estimate of drug-likeness (QED) is 0.640. The smallest absolute Gasteiger partial charge is 0.174 e. The fourth-order valence-corrected chi connectivity index (χ4v) is 3.80. The molecule has 2 heterocycles. The maximum atomic E-state index is 9.34. The average Bonchev–Trinajstić information content (AvgIpc) is 2.94. The summed E-state index contributed by atoms with van der Waals surface area (Å²) in [5, 5.41) is 9.34. The lowest BCUT2D eigenvalue weighted by Gasteiger charge is -2.43. The maximum Gasteiger partial charge on any atom is 0.174 e. The summed E-state index contributed by atoms with van der Waals surface area (Å²) in [5.41, 5.74) is 1.08. The van der Waals surface area contributed by atoms with Crippen molar-refractivity contribution < 1.29 is 19.3 Å². The molecule has 4 nitrogen and oxygen atoms in total. The van der Waals surface area contributed by atoms with Gasteiger partial charge in [0.05, 0.1) is 25.9 Å². The molecule has 1 spiro atoms. The summed E-state index contributed by atoms with van der Waals surface area (Å²) in [4.78, 5) is 0. The minimum atomic E-state index is -0.439. The van der Waals surface area contributed by atoms with Gasteiger partial charge in [0.1, 0.15) is 5.60 Å². The van der Waals surface area contributed by atoms with E-state index in [0.29, 0.717) is 13.2 Å². The van der Waals surface area contributed by atoms with Crippen molar-refractivity contribution >= 4 is 0 Å². The van der Waals surface area contributed by atoms with Crippen LogP contribution in [0.15, 0.2) is 11.6 Å². The first-order valence-corrected chi connectivity index (χ1v) is 8.15. The summed E-state index contributed by atoms with van der Waals surface area (Å²) in [6.07, 6.45) is 7.44. The van der Waals surface area contributed by atoms with Crippen LogP contribution >= 0.6 is 0 Å². The average molecular weight is 296 g/mol. The third-order valence-electron chi connectivity index (χ3n) is 5.73. The van der Waals surface area contributed by atoms with Gasteiger partial charge in [0, 0.05) is 11.8 Å². The summed E-state index contributed by atoms with van der Waals surface area (Å²) in [6, 6.07) is 0. The molecule has 3 atom stereocenters. The molecule has 0 aromatic rings. The summed E-state index contributed by atoms with van der Waals surface area (Å²) in [6.45, 7) is 7.96. The predicted molar refractivity (Wildman–Crippen MR) is 79.9 cm³/mol. The zero-order chi connectivity index (χ0) is 15.1. The van der Waals surface area contributed by atoms with E-state index in [-0.39, 0.29) is 23.7 Å². The SMILES string of the molecule is CC1=CCC(C)(CCC2OC2(C)CO)C2(CC1)OCCO2. The molecule has 0 aromatic heterocycles. The van der Waals surface area contributed by atoms with Crippen molar-refractivity contribution in [2.24, 2.45) is 5.41 Å². The molecule has 4 heteroatoms. The monoisotopic (exact) mass is 296 g/mol. The largest absolute Gasteiger partial charge is 0.393 e. The number of aliphatic hydroxyl groups excluding tert-OH is 1. The Hall–Kier alpha value is -0.420. The fraction of sp³-hybridized carbons (Fsp3) is 0.882. The van der Waals surface area contributed by atoms with E-state index in [4.69, 9.17) is 14.2 Å². The summed E-state index contributed by atoms with van der Waals surface area (Å²) in [7, 11) is 0. The van der Waals surface area contributed by atoms with E-state index >= 15 is 0 Å². The Morgan fingerprint density at radius 3 is 2.62 bits per heavy atom. The maximum absolute atomic E-state index is 9.34. The van der Waals surface area contributed by atoms with Crippen LogP contribution < -0.4 is 0 Å². The Balaban J connectivity index is 1.72. The highest BCUT2D eigenvalue weighted by Gasteiger charge is 2.56. The first kappa shape index (κ1) is 15.5. The third-order valence-corrected chi connectivity index (χ3v) is 5.73. The number of hydrogen-bond acceptors (Lipinski definition) is 4. The van der Waals surface area contributed by atoms with Crippen molar-refractivity contribution in [3.8, 4) is 0 Å². The highest BCUT2D eigenvalue weighted by atomic mass is 16.7. The number of hydrogen-bond donors (Lipinski definition) is 1. The molecule has 2 aliphatic heterocycles. The molecule has 21 heavy (non-hydrogen) atoms. The van der Waals surface area contributed by atoms with Crippen molar-refractivity contribution in [3.05, 3.63) is 11.6 Å². The van der Waals surface area contributed by atoms with Crippen LogP contribution in [0.4, 0.5) is 0 Å². The first-order valence-electron chi connectivity index (χ1n) is 8.15. The lowest BCUT2D eigenvalue weighted by Crippen LogP contribution is -2.47. The van der Waals surface area contributed by atoms with Gasteiger partial charge < -0.3 is 19.3 Å². The molecule has 0 saturated carbocycles. The lowest BCUT2D eigenvalue weighted by molar-refractivity contribution is -0.237. The lowest BCUT2D eigenvalue weighted by atomic mass is 9.73. The molecule has 2 fully saturated rings. The van der Waals surface area contributed by atoms with Gasteiger partial charge in [-0.3, -0.25) is 0 Å². The second-order valence-corrected chi connectivity index (χ2v) is 7.38. The van der Waals surface area contributed by atoms with Gasteiger partial charge in [-0.1, -0.05) is 18.6 Å². The van der Waals surface area contributed by atoms with Crippen LogP contribution in [0.25, 0.3) is 0 Å². The van der Waals surface area contributed by atoms with Crippen LogP contribution in [0.1, 0.15) is 52.9 Å². The fourth-order valence-electron chi connectivity index (χ4n) is 3.80. The number of allylic oxidation sites excluding steroid dienone is 2. The van der Waals surface area contributed by atoms with E-state index in [0.717, 1.165) is 32.1 Å². The van der Waals surface area contributed by atoms with E-state index in [9.17, 15) is 5.11 Å². The van der Waals surface area contributed by atoms with Gasteiger partial charge in [-0.2, -0.15) is 0 Å². The number of ether oxygens (including phenoxy) is 3. The zero-order valence-corrected chi connectivity index (χ0v) is 13.5. The van der Waals surface area contributed by atoms with Crippen molar-refractivity contribution in [1.29, 1.82) is 0 Å². The minimum absolute atomic E-state index is 0.0242. The van der Waals surface area contributed by atoms with Crippen LogP contribution in [0.2, 0.25) is 0 Å². The summed E-state index contributed by atoms with van der Waals surface area (Å²) in [5.74, 6) is -0.439. The normalized spacial score (nSPS) is 41.9. The Labute approximate surface area is 127 Å². The molecule has 2 saturated heterocycles. The Morgan fingerprint density at radius 1 is 1.29 bits per heavy atom. The van der Waals surface area contributed by atoms with Crippen molar-refractivity contribution in [3.63, 3.8) is 0 Å². The van der Waals surface area contributed by atoms with E-state index < -0.39 is 5.79 Å². The molecule has 3 unspecified atom stereocenters. The van der Waals surface area contributed by atoms with Crippen LogP contribution in [0.5, 0.6) is 0 Å². The molecule has 0 bridgehead atoms. The molecule has 120 valence electrons. The molecule has 0 amide bonds. The predicted octanol–water partition coefficient (Wildman–Crippen LogP) is 2.80. The molecule has 0 radical (unpaired) electrons. The molecule has 0 aromatic carbocycles. The van der Waals surface area contributed by atoms with Crippen LogP contribution in [0, 0.1) is 5.41 Å². The van der Waals surface area contributed by atoms with Crippen LogP contribution in [-0.2, 0) is 14.2 Å². The Morgan fingerprint density at radius 2 is 2.00 bits per heavy atom. The Bertz CT molecular complexity index is 427. The van der Waals surface area contributed by atoms with E-state index in [1.54, 1.807) is 0 Å². The summed E-state index contributed by atoms with van der Waals surface area (Å²) >= 11 is 0. The molecule has 3 rings (SSSR count). The molecule has 1 N–H and O–H groups in total. The van der Waals surface area contributed by atoms with Crippen LogP contribution in [-0.4, -0.2) is 42.4 Å². The van der Waals surface area contributed by atoms with Crippen molar-refractivity contribution in [1.82, 2.24) is 0 Å². The van der Waals surface area contributed by atoms with E-state index in [2.05, 4.69) is 19.9 Å². The standard InChI is InChI=1S/C17H28O4/c1-13-4-7-15(2,8-6-14-16(3,12-18)21-14)17(9-5-13)19-10-11-20-17/h4,14,18H,5-12H2,1-3H3. The number of aliphatic hydroxyl groups is 1. The molecule has 1 aliphatic carbocycles. The van der Waals surface area contributed by atoms with Gasteiger partial charge in [-0.25, -0.2) is 0 Å². The minimum Gasteiger partial charge on any atom is -0.393 e. The number of epoxide rings is 1. The zero-order valence-electron chi connectivity index (χ0n) is 13.5. The van der Waals surface area contributed by atoms with Gasteiger partial charge in [0.25, 0.3) is 0 Å². The van der Waals surface area contributed by atoms with Crippen LogP contribution in [0.3, 0.4) is 0 Å². The van der Waals surface area contributed by atoms with Gasteiger partial charge in [0.2, 0.25) is 0 Å². The second-order valence-electron chi connectivity index (χ2n) is 7.38. The molecule has 3 aliphatic rings. The highest BCUT2D eigenvalue weighted by molar-refractivity contribution is 5.10. The molecular formula is C17H28O4. The third kappa shape index (κ3) is 2.67. The topological polar surface area (TPSA) is 51.2 Å². The molecular weight excluding hydrogens is 268 g/mol. The summed E-state index contributed by atoms with van der Waals surface area (Å²) < 4.78 is 17.9. The Kier molecular flexibility index (Phi) is 3.93. The van der Waals surface area contributed by atoms with Gasteiger partial charge >= 0.3 is 0 Å². The van der Waals surface area contributed by atoms with Gasteiger partial charge in [0.15, 0.2) is 5.79 Å². The van der Waals surface area contributed by atoms with Gasteiger partial charge in [-0.05, 0) is 39.5 Å². The van der Waals surface area contributed by atoms with Crippen molar-refractivity contribution in [2.75, 3.05) is 19.8 Å². The first-order chi connectivity index (χ1) is 9.93. The van der Waals surface area contributed by atoms with Crippen molar-refractivity contribution in [2.45, 2.75) is 70.4 Å². The highest BCUT2D eigenvalue weighted by Crippen LogP contribution is 2.52. The second kappa shape index (κ2) is 5.34. The van der Waals surface area contributed by atoms with E-state index in [1.807, 2.05) is 6.92 Å². The number of rotatable bonds is 4. The van der Waals surface area contributed by atoms with Gasteiger partial charge in [-0.15, -0.1) is 0 Å². The van der Waals surface area contributed by atoms with E-state index in [1.165, 1.54) is 5.57 Å².